The second-order valence-corrected chi connectivity index (χ2v) is 18.7. The summed E-state index contributed by atoms with van der Waals surface area (Å²) in [6.07, 6.45) is 35.8. The van der Waals surface area contributed by atoms with Crippen molar-refractivity contribution in [3.8, 4) is 11.5 Å². The smallest absolute Gasteiger partial charge is 0.328 e. The SMILES string of the molecule is CCCCCCCCCCCCCCCC(=O)Oc1cc2c(cc1OC(=O)CCCCCCCCCCCCCCC)C(CSc1cccs1)NCC2.O=C(O)C=CC(=O)O. The Kier molecular flexibility index (Phi) is 32.2. The van der Waals surface area contributed by atoms with Gasteiger partial charge in [0.15, 0.2) is 11.5 Å². The molecule has 2 heterocycles. The van der Waals surface area contributed by atoms with Gasteiger partial charge >= 0.3 is 23.9 Å². The van der Waals surface area contributed by atoms with E-state index >= 15 is 0 Å². The number of unbranched alkanes of at least 4 members (excludes halogenated alkanes) is 24. The van der Waals surface area contributed by atoms with Crippen LogP contribution in [0.5, 0.6) is 11.5 Å². The van der Waals surface area contributed by atoms with Gasteiger partial charge in [-0.15, -0.1) is 23.1 Å². The molecule has 0 bridgehead atoms. The summed E-state index contributed by atoms with van der Waals surface area (Å²) < 4.78 is 13.2. The maximum Gasteiger partial charge on any atom is 0.328 e. The molecule has 0 spiro atoms. The predicted molar refractivity (Wildman–Crippen MR) is 252 cm³/mol. The topological polar surface area (TPSA) is 139 Å². The van der Waals surface area contributed by atoms with E-state index in [1.54, 1.807) is 11.3 Å². The lowest BCUT2D eigenvalue weighted by Crippen LogP contribution is -2.31. The molecule has 0 aliphatic carbocycles. The summed E-state index contributed by atoms with van der Waals surface area (Å²) in [6.45, 7) is 5.41. The van der Waals surface area contributed by atoms with Gasteiger partial charge in [0.25, 0.3) is 0 Å². The van der Waals surface area contributed by atoms with Gasteiger partial charge in [-0.3, -0.25) is 9.59 Å². The van der Waals surface area contributed by atoms with Crippen LogP contribution in [0.4, 0.5) is 0 Å². The number of carbonyl (C=O) groups is 4. The van der Waals surface area contributed by atoms with Gasteiger partial charge in [0.2, 0.25) is 0 Å². The third-order valence-corrected chi connectivity index (χ3v) is 13.3. The number of thiophene rings is 1. The Morgan fingerprint density at radius 2 is 1.05 bits per heavy atom. The number of aliphatic carboxylic acids is 2. The maximum absolute atomic E-state index is 13.1. The first-order chi connectivity index (χ1) is 29.7. The molecule has 0 saturated carbocycles. The standard InChI is InChI=1S/C46H75NO4S2.C4H4O4/c1-3-5-7-9-11-13-15-17-19-21-23-25-27-30-44(48)50-42-36-39-33-34-47-41(38-53-46-32-29-35-52-46)40(39)37-43(42)51-45(49)31-28-26-24-22-20-18-16-14-12-10-8-6-4-2;5-3(6)1-2-4(7)8/h29,32,35-37,41,47H,3-28,30-31,33-34,38H2,1-2H3;1-2H,(H,5,6)(H,7,8). The lowest BCUT2D eigenvalue weighted by Gasteiger charge is -2.28. The second-order valence-electron chi connectivity index (χ2n) is 16.4. The number of carboxylic acids is 2. The van der Waals surface area contributed by atoms with Crippen LogP contribution in [0.1, 0.15) is 211 Å². The zero-order valence-corrected chi connectivity index (χ0v) is 39.3. The molecule has 344 valence electrons. The average molecular weight is 886 g/mol. The number of carbonyl (C=O) groups excluding carboxylic acids is 2. The number of fused-ring (bicyclic) bond motifs is 1. The number of benzene rings is 1. The van der Waals surface area contributed by atoms with Crippen molar-refractivity contribution < 1.29 is 38.9 Å². The molecule has 1 aromatic heterocycles. The minimum Gasteiger partial charge on any atom is -0.478 e. The second kappa shape index (κ2) is 36.3. The third kappa shape index (κ3) is 28.2. The summed E-state index contributed by atoms with van der Waals surface area (Å²) in [5, 5.41) is 21.4. The van der Waals surface area contributed by atoms with Crippen molar-refractivity contribution in [2.75, 3.05) is 12.3 Å². The number of thioether (sulfide) groups is 1. The van der Waals surface area contributed by atoms with Crippen molar-refractivity contribution in [2.45, 2.75) is 210 Å². The average Bonchev–Trinajstić information content (AvgIpc) is 3.77. The van der Waals surface area contributed by atoms with Crippen molar-refractivity contribution in [2.24, 2.45) is 0 Å². The van der Waals surface area contributed by atoms with Crippen LogP contribution < -0.4 is 14.8 Å². The Balaban J connectivity index is 0.00000145. The van der Waals surface area contributed by atoms with E-state index in [0.717, 1.165) is 50.0 Å². The van der Waals surface area contributed by atoms with Crippen LogP contribution in [0, 0.1) is 0 Å². The highest BCUT2D eigenvalue weighted by Gasteiger charge is 2.25. The molecule has 0 radical (unpaired) electrons. The molecule has 3 rings (SSSR count). The number of hydrogen-bond donors (Lipinski definition) is 3. The first-order valence-electron chi connectivity index (χ1n) is 23.8. The molecule has 1 aliphatic rings. The highest BCUT2D eigenvalue weighted by atomic mass is 32.2. The quantitative estimate of drug-likeness (QED) is 0.0201. The number of hydrogen-bond acceptors (Lipinski definition) is 9. The number of esters is 2. The van der Waals surface area contributed by atoms with Crippen molar-refractivity contribution >= 4 is 47.0 Å². The van der Waals surface area contributed by atoms with Crippen LogP contribution in [0.15, 0.2) is 46.0 Å². The summed E-state index contributed by atoms with van der Waals surface area (Å²) in [6, 6.07) is 8.32. The Labute approximate surface area is 376 Å². The monoisotopic (exact) mass is 886 g/mol. The zero-order chi connectivity index (χ0) is 44.2. The Morgan fingerprint density at radius 3 is 1.44 bits per heavy atom. The van der Waals surface area contributed by atoms with E-state index in [4.69, 9.17) is 19.7 Å². The van der Waals surface area contributed by atoms with Crippen molar-refractivity contribution in [1.82, 2.24) is 5.32 Å². The molecule has 9 nitrogen and oxygen atoms in total. The summed E-state index contributed by atoms with van der Waals surface area (Å²) in [4.78, 5) is 45.3. The largest absolute Gasteiger partial charge is 0.478 e. The van der Waals surface area contributed by atoms with E-state index in [9.17, 15) is 19.2 Å². The maximum atomic E-state index is 13.1. The van der Waals surface area contributed by atoms with Crippen molar-refractivity contribution in [3.63, 3.8) is 0 Å². The summed E-state index contributed by atoms with van der Waals surface area (Å²) in [7, 11) is 0. The first-order valence-corrected chi connectivity index (χ1v) is 25.7. The van der Waals surface area contributed by atoms with Crippen LogP contribution in [0.3, 0.4) is 0 Å². The van der Waals surface area contributed by atoms with E-state index in [0.29, 0.717) is 36.5 Å². The summed E-state index contributed by atoms with van der Waals surface area (Å²) >= 11 is 3.60. The number of carboxylic acid groups (broad SMARTS) is 2. The molecule has 1 aromatic carbocycles. The highest BCUT2D eigenvalue weighted by Crippen LogP contribution is 2.38. The molecule has 0 fully saturated rings. The third-order valence-electron chi connectivity index (χ3n) is 11.0. The van der Waals surface area contributed by atoms with Gasteiger partial charge < -0.3 is 25.0 Å². The fourth-order valence-corrected chi connectivity index (χ4v) is 9.43. The Bertz CT molecular complexity index is 1480. The first kappa shape index (κ1) is 54.0. The van der Waals surface area contributed by atoms with E-state index < -0.39 is 11.9 Å². The van der Waals surface area contributed by atoms with Gasteiger partial charge in [0, 0.05) is 36.8 Å². The Morgan fingerprint density at radius 1 is 0.639 bits per heavy atom. The molecule has 1 aliphatic heterocycles. The lowest BCUT2D eigenvalue weighted by atomic mass is 9.94. The van der Waals surface area contributed by atoms with Crippen LogP contribution >= 0.6 is 23.1 Å². The summed E-state index contributed by atoms with van der Waals surface area (Å²) in [5.74, 6) is -1.32. The van der Waals surface area contributed by atoms with E-state index in [1.165, 1.54) is 151 Å². The molecule has 61 heavy (non-hydrogen) atoms. The normalized spacial score (nSPS) is 13.4. The van der Waals surface area contributed by atoms with Gasteiger partial charge in [-0.1, -0.05) is 174 Å². The van der Waals surface area contributed by atoms with Crippen LogP contribution in [-0.4, -0.2) is 46.4 Å². The molecule has 2 aromatic rings. The molecular formula is C50H79NO8S2. The fraction of sp³-hybridized carbons (Fsp3) is 0.680. The summed E-state index contributed by atoms with van der Waals surface area (Å²) in [5.41, 5.74) is 2.31. The van der Waals surface area contributed by atoms with Crippen LogP contribution in [0.2, 0.25) is 0 Å². The lowest BCUT2D eigenvalue weighted by molar-refractivity contribution is -0.137. The van der Waals surface area contributed by atoms with Gasteiger partial charge in [-0.2, -0.15) is 0 Å². The molecule has 1 unspecified atom stereocenters. The number of nitrogens with one attached hydrogen (secondary N) is 1. The van der Waals surface area contributed by atoms with Crippen LogP contribution in [0.25, 0.3) is 0 Å². The van der Waals surface area contributed by atoms with Crippen molar-refractivity contribution in [3.05, 3.63) is 52.9 Å². The van der Waals surface area contributed by atoms with E-state index in [1.807, 2.05) is 23.9 Å². The van der Waals surface area contributed by atoms with Gasteiger partial charge in [-0.25, -0.2) is 9.59 Å². The minimum absolute atomic E-state index is 0.139. The zero-order valence-electron chi connectivity index (χ0n) is 37.7. The molecule has 1 atom stereocenters. The van der Waals surface area contributed by atoms with Crippen molar-refractivity contribution in [1.29, 1.82) is 0 Å². The molecule has 0 saturated heterocycles. The number of rotatable bonds is 35. The fourth-order valence-electron chi connectivity index (χ4n) is 7.53. The molecule has 3 N–H and O–H groups in total. The number of ether oxygens (including phenoxy) is 2. The molecule has 0 amide bonds. The highest BCUT2D eigenvalue weighted by molar-refractivity contribution is 8.01. The van der Waals surface area contributed by atoms with Gasteiger partial charge in [0.05, 0.1) is 4.21 Å². The van der Waals surface area contributed by atoms with E-state index in [-0.39, 0.29) is 18.0 Å². The van der Waals surface area contributed by atoms with Crippen LogP contribution in [-0.2, 0) is 25.6 Å². The predicted octanol–water partition coefficient (Wildman–Crippen LogP) is 14.2. The Hall–Kier alpha value is -3.15. The van der Waals surface area contributed by atoms with Gasteiger partial charge in [0.1, 0.15) is 0 Å². The molecular weight excluding hydrogens is 807 g/mol. The minimum atomic E-state index is -1.26. The van der Waals surface area contributed by atoms with Gasteiger partial charge in [-0.05, 0) is 60.5 Å². The molecule has 11 heteroatoms. The van der Waals surface area contributed by atoms with E-state index in [2.05, 4.69) is 36.7 Å².